The van der Waals surface area contributed by atoms with Crippen LogP contribution in [0.2, 0.25) is 0 Å². The lowest BCUT2D eigenvalue weighted by molar-refractivity contribution is -0.137. The molecule has 1 heterocycles. The first-order chi connectivity index (χ1) is 8.81. The zero-order chi connectivity index (χ0) is 14.2. The number of carbonyl (C=O) groups is 1. The van der Waals surface area contributed by atoms with E-state index in [-0.39, 0.29) is 11.4 Å². The Morgan fingerprint density at radius 1 is 1.47 bits per heavy atom. The van der Waals surface area contributed by atoms with Crippen molar-refractivity contribution in [2.24, 2.45) is 5.92 Å². The molecule has 1 aliphatic rings. The number of hydrogen-bond acceptors (Lipinski definition) is 4. The highest BCUT2D eigenvalue weighted by molar-refractivity contribution is 7.89. The van der Waals surface area contributed by atoms with Crippen molar-refractivity contribution in [2.75, 3.05) is 6.54 Å². The Hall–Kier alpha value is -1.41. The summed E-state index contributed by atoms with van der Waals surface area (Å²) < 4.78 is 28.1. The average Bonchev–Trinajstić information content (AvgIpc) is 3.04. The van der Waals surface area contributed by atoms with Gasteiger partial charge in [-0.05, 0) is 32.6 Å². The van der Waals surface area contributed by atoms with Crippen molar-refractivity contribution < 1.29 is 18.3 Å². The quantitative estimate of drug-likeness (QED) is 0.782. The zero-order valence-corrected chi connectivity index (χ0v) is 11.7. The molecular weight excluding hydrogens is 270 g/mol. The minimum atomic E-state index is -3.62. The van der Waals surface area contributed by atoms with Gasteiger partial charge in [-0.2, -0.15) is 5.10 Å². The van der Waals surface area contributed by atoms with E-state index < -0.39 is 16.0 Å². The third-order valence-electron chi connectivity index (χ3n) is 3.13. The fourth-order valence-electron chi connectivity index (χ4n) is 1.97. The van der Waals surface area contributed by atoms with Crippen LogP contribution in [0.15, 0.2) is 4.90 Å². The monoisotopic (exact) mass is 287 g/mol. The minimum absolute atomic E-state index is 0.0920. The number of nitrogens with one attached hydrogen (secondary N) is 1. The molecule has 8 heteroatoms. The molecule has 0 spiro atoms. The smallest absolute Gasteiger partial charge is 0.325 e. The summed E-state index contributed by atoms with van der Waals surface area (Å²) in [6.45, 7) is 3.22. The van der Waals surface area contributed by atoms with Crippen molar-refractivity contribution in [1.29, 1.82) is 0 Å². The highest BCUT2D eigenvalue weighted by Gasteiger charge is 2.28. The molecule has 1 aromatic heterocycles. The molecule has 0 atom stereocenters. The lowest BCUT2D eigenvalue weighted by Crippen LogP contribution is -2.27. The maximum Gasteiger partial charge on any atom is 0.325 e. The number of aryl methyl sites for hydroxylation is 1. The van der Waals surface area contributed by atoms with E-state index >= 15 is 0 Å². The Balaban J connectivity index is 2.27. The number of carboxylic acid groups (broad SMARTS) is 1. The van der Waals surface area contributed by atoms with Crippen LogP contribution in [0.5, 0.6) is 0 Å². The van der Waals surface area contributed by atoms with Crippen molar-refractivity contribution in [2.45, 2.75) is 38.1 Å². The summed E-state index contributed by atoms with van der Waals surface area (Å²) >= 11 is 0. The Bertz CT molecular complexity index is 602. The molecule has 0 saturated heterocycles. The topological polar surface area (TPSA) is 101 Å². The fourth-order valence-corrected chi connectivity index (χ4v) is 3.50. The molecular formula is C11H17N3O4S. The molecule has 2 N–H and O–H groups in total. The van der Waals surface area contributed by atoms with Crippen molar-refractivity contribution >= 4 is 16.0 Å². The second kappa shape index (κ2) is 4.93. The van der Waals surface area contributed by atoms with E-state index in [2.05, 4.69) is 9.82 Å². The molecule has 1 aromatic rings. The second-order valence-corrected chi connectivity index (χ2v) is 6.55. The summed E-state index contributed by atoms with van der Waals surface area (Å²) in [7, 11) is -3.62. The molecule has 0 radical (unpaired) electrons. The van der Waals surface area contributed by atoms with Crippen molar-refractivity contribution in [3.8, 4) is 0 Å². The largest absolute Gasteiger partial charge is 0.480 e. The number of hydrogen-bond donors (Lipinski definition) is 2. The summed E-state index contributed by atoms with van der Waals surface area (Å²) in [5.74, 6) is -0.620. The lowest BCUT2D eigenvalue weighted by atomic mass is 10.4. The summed E-state index contributed by atoms with van der Waals surface area (Å²) in [5, 5.41) is 12.7. The van der Waals surface area contributed by atoms with E-state index in [0.29, 0.717) is 23.9 Å². The third kappa shape index (κ3) is 3.13. The molecule has 0 unspecified atom stereocenters. The Morgan fingerprint density at radius 3 is 2.63 bits per heavy atom. The van der Waals surface area contributed by atoms with E-state index in [1.807, 2.05) is 0 Å². The molecule has 1 saturated carbocycles. The molecule has 1 fully saturated rings. The average molecular weight is 287 g/mol. The highest BCUT2D eigenvalue weighted by Crippen LogP contribution is 2.28. The number of aliphatic carboxylic acids is 1. The third-order valence-corrected chi connectivity index (χ3v) is 4.80. The maximum absolute atomic E-state index is 12.2. The summed E-state index contributed by atoms with van der Waals surface area (Å²) in [4.78, 5) is 10.8. The van der Waals surface area contributed by atoms with Crippen molar-refractivity contribution in [3.63, 3.8) is 0 Å². The zero-order valence-electron chi connectivity index (χ0n) is 10.9. The number of sulfonamides is 1. The van der Waals surface area contributed by atoms with Gasteiger partial charge in [-0.1, -0.05) is 0 Å². The van der Waals surface area contributed by atoms with E-state index in [4.69, 9.17) is 5.11 Å². The van der Waals surface area contributed by atoms with Crippen molar-refractivity contribution in [3.05, 3.63) is 11.4 Å². The normalized spacial score (nSPS) is 15.7. The van der Waals surface area contributed by atoms with Gasteiger partial charge in [0.05, 0.1) is 11.4 Å². The van der Waals surface area contributed by atoms with Crippen LogP contribution in [0, 0.1) is 19.8 Å². The molecule has 0 aliphatic heterocycles. The van der Waals surface area contributed by atoms with Gasteiger partial charge < -0.3 is 5.11 Å². The van der Waals surface area contributed by atoms with Gasteiger partial charge in [-0.3, -0.25) is 9.48 Å². The Labute approximate surface area is 111 Å². The number of aromatic nitrogens is 2. The molecule has 7 nitrogen and oxygen atoms in total. The van der Waals surface area contributed by atoms with Gasteiger partial charge in [0, 0.05) is 6.54 Å². The van der Waals surface area contributed by atoms with Crippen LogP contribution in [-0.4, -0.2) is 35.8 Å². The molecule has 106 valence electrons. The summed E-state index contributed by atoms with van der Waals surface area (Å²) in [5.41, 5.74) is 0.672. The van der Waals surface area contributed by atoms with Crippen LogP contribution in [0.4, 0.5) is 0 Å². The summed E-state index contributed by atoms with van der Waals surface area (Å²) in [6, 6.07) is 0. The minimum Gasteiger partial charge on any atom is -0.480 e. The molecule has 1 aliphatic carbocycles. The first-order valence-corrected chi connectivity index (χ1v) is 7.55. The first kappa shape index (κ1) is 14.0. The lowest BCUT2D eigenvalue weighted by Gasteiger charge is -2.06. The molecule has 2 rings (SSSR count). The van der Waals surface area contributed by atoms with Crippen LogP contribution in [-0.2, 0) is 21.4 Å². The summed E-state index contributed by atoms with van der Waals surface area (Å²) in [6.07, 6.45) is 2.11. The predicted octanol–water partition coefficient (Wildman–Crippen LogP) is 0.273. The molecule has 19 heavy (non-hydrogen) atoms. The van der Waals surface area contributed by atoms with E-state index in [1.54, 1.807) is 13.8 Å². The molecule has 0 bridgehead atoms. The number of carboxylic acids is 1. The van der Waals surface area contributed by atoms with Gasteiger partial charge in [-0.25, -0.2) is 13.1 Å². The Kier molecular flexibility index (Phi) is 3.64. The van der Waals surface area contributed by atoms with Crippen LogP contribution in [0.3, 0.4) is 0 Å². The second-order valence-electron chi connectivity index (χ2n) is 4.85. The van der Waals surface area contributed by atoms with E-state index in [0.717, 1.165) is 12.8 Å². The molecule has 0 aromatic carbocycles. The van der Waals surface area contributed by atoms with Gasteiger partial charge >= 0.3 is 5.97 Å². The van der Waals surface area contributed by atoms with Gasteiger partial charge in [-0.15, -0.1) is 0 Å². The van der Waals surface area contributed by atoms with Gasteiger partial charge in [0.15, 0.2) is 0 Å². The number of rotatable bonds is 6. The maximum atomic E-state index is 12.2. The highest BCUT2D eigenvalue weighted by atomic mass is 32.2. The van der Waals surface area contributed by atoms with E-state index in [1.165, 1.54) is 4.68 Å². The number of nitrogens with zero attached hydrogens (tertiary/aromatic N) is 2. The fraction of sp³-hybridized carbons (Fsp3) is 0.636. The SMILES string of the molecule is Cc1nn(CC(=O)O)c(C)c1S(=O)(=O)NCC1CC1. The van der Waals surface area contributed by atoms with Crippen LogP contribution in [0.1, 0.15) is 24.2 Å². The van der Waals surface area contributed by atoms with Gasteiger partial charge in [0.2, 0.25) is 10.0 Å². The Morgan fingerprint density at radius 2 is 2.11 bits per heavy atom. The standard InChI is InChI=1S/C11H17N3O4S/c1-7-11(8(2)14(13-7)6-10(15)16)19(17,18)12-5-9-3-4-9/h9,12H,3-6H2,1-2H3,(H,15,16). The van der Waals surface area contributed by atoms with Crippen LogP contribution < -0.4 is 4.72 Å². The first-order valence-electron chi connectivity index (χ1n) is 6.06. The molecule has 0 amide bonds. The van der Waals surface area contributed by atoms with Gasteiger partial charge in [0.1, 0.15) is 11.4 Å². The van der Waals surface area contributed by atoms with E-state index in [9.17, 15) is 13.2 Å². The van der Waals surface area contributed by atoms with Crippen molar-refractivity contribution in [1.82, 2.24) is 14.5 Å². The predicted molar refractivity (Wildman–Crippen MR) is 67.2 cm³/mol. The van der Waals surface area contributed by atoms with Gasteiger partial charge in [0.25, 0.3) is 0 Å². The van der Waals surface area contributed by atoms with Crippen LogP contribution >= 0.6 is 0 Å². The van der Waals surface area contributed by atoms with Crippen LogP contribution in [0.25, 0.3) is 0 Å².